The highest BCUT2D eigenvalue weighted by atomic mass is 19.4. The van der Waals surface area contributed by atoms with Crippen molar-refractivity contribution in [3.63, 3.8) is 0 Å². The Hall–Kier alpha value is -1.31. The number of benzene rings is 1. The minimum atomic E-state index is -4.36. The molecule has 0 aromatic heterocycles. The SMILES string of the molecule is NN1CCCC(O)(COc2ccc(C(F)(F)F)cc2)C1. The summed E-state index contributed by atoms with van der Waals surface area (Å²) in [7, 11) is 0. The van der Waals surface area contributed by atoms with Gasteiger partial charge in [-0.15, -0.1) is 0 Å². The summed E-state index contributed by atoms with van der Waals surface area (Å²) in [6, 6.07) is 4.40. The van der Waals surface area contributed by atoms with E-state index in [1.165, 1.54) is 17.1 Å². The van der Waals surface area contributed by atoms with Gasteiger partial charge in [0.25, 0.3) is 0 Å². The molecule has 1 heterocycles. The van der Waals surface area contributed by atoms with Crippen LogP contribution in [0.1, 0.15) is 18.4 Å². The number of rotatable bonds is 3. The summed E-state index contributed by atoms with van der Waals surface area (Å²) < 4.78 is 42.6. The van der Waals surface area contributed by atoms with E-state index in [-0.39, 0.29) is 13.2 Å². The fourth-order valence-electron chi connectivity index (χ4n) is 2.22. The fraction of sp³-hybridized carbons (Fsp3) is 0.538. The zero-order valence-corrected chi connectivity index (χ0v) is 10.9. The van der Waals surface area contributed by atoms with E-state index in [0.29, 0.717) is 18.7 Å². The number of hydrogen-bond acceptors (Lipinski definition) is 4. The molecule has 7 heteroatoms. The van der Waals surface area contributed by atoms with Crippen LogP contribution in [-0.4, -0.2) is 35.4 Å². The summed E-state index contributed by atoms with van der Waals surface area (Å²) in [6.45, 7) is 1.00. The number of piperidine rings is 1. The average molecular weight is 290 g/mol. The number of ether oxygens (including phenoxy) is 1. The van der Waals surface area contributed by atoms with Crippen molar-refractivity contribution in [1.82, 2.24) is 5.01 Å². The van der Waals surface area contributed by atoms with Gasteiger partial charge in [-0.3, -0.25) is 5.84 Å². The van der Waals surface area contributed by atoms with Crippen LogP contribution in [0.2, 0.25) is 0 Å². The van der Waals surface area contributed by atoms with Gasteiger partial charge in [0.15, 0.2) is 0 Å². The van der Waals surface area contributed by atoms with Crippen LogP contribution >= 0.6 is 0 Å². The second kappa shape index (κ2) is 5.59. The molecule has 0 radical (unpaired) electrons. The van der Waals surface area contributed by atoms with Gasteiger partial charge in [-0.05, 0) is 37.1 Å². The number of β-amino-alcohol motifs (C(OH)–C–C–N with tert-alkyl or cyclic N) is 1. The van der Waals surface area contributed by atoms with Gasteiger partial charge >= 0.3 is 6.18 Å². The van der Waals surface area contributed by atoms with Gasteiger partial charge in [0.2, 0.25) is 0 Å². The standard InChI is InChI=1S/C13H17F3N2O2/c14-13(15,16)10-2-4-11(5-3-10)20-9-12(19)6-1-7-18(17)8-12/h2-5,19H,1,6-9,17H2. The van der Waals surface area contributed by atoms with Gasteiger partial charge in [-0.2, -0.15) is 13.2 Å². The van der Waals surface area contributed by atoms with E-state index in [0.717, 1.165) is 18.6 Å². The van der Waals surface area contributed by atoms with E-state index in [1.54, 1.807) is 0 Å². The number of aliphatic hydroxyl groups is 1. The molecule has 1 saturated heterocycles. The predicted octanol–water partition coefficient (Wildman–Crippen LogP) is 1.78. The molecule has 0 aliphatic carbocycles. The Labute approximate surface area is 114 Å². The molecule has 0 bridgehead atoms. The smallest absolute Gasteiger partial charge is 0.416 e. The quantitative estimate of drug-likeness (QED) is 0.833. The van der Waals surface area contributed by atoms with Crippen LogP contribution in [0.15, 0.2) is 24.3 Å². The molecule has 1 aromatic rings. The predicted molar refractivity (Wildman–Crippen MR) is 66.9 cm³/mol. The van der Waals surface area contributed by atoms with E-state index in [9.17, 15) is 18.3 Å². The highest BCUT2D eigenvalue weighted by molar-refractivity contribution is 5.28. The van der Waals surface area contributed by atoms with Gasteiger partial charge in [0.05, 0.1) is 5.56 Å². The van der Waals surface area contributed by atoms with Crippen molar-refractivity contribution in [3.05, 3.63) is 29.8 Å². The summed E-state index contributed by atoms with van der Waals surface area (Å²) in [4.78, 5) is 0. The van der Waals surface area contributed by atoms with Crippen LogP contribution in [0.3, 0.4) is 0 Å². The molecule has 4 nitrogen and oxygen atoms in total. The van der Waals surface area contributed by atoms with Crippen molar-refractivity contribution in [3.8, 4) is 5.75 Å². The molecule has 112 valence electrons. The van der Waals surface area contributed by atoms with E-state index in [2.05, 4.69) is 0 Å². The summed E-state index contributed by atoms with van der Waals surface area (Å²) in [6.07, 6.45) is -3.05. The Balaban J connectivity index is 1.94. The largest absolute Gasteiger partial charge is 0.491 e. The monoisotopic (exact) mass is 290 g/mol. The maximum absolute atomic E-state index is 12.4. The van der Waals surface area contributed by atoms with Crippen LogP contribution in [-0.2, 0) is 6.18 Å². The van der Waals surface area contributed by atoms with E-state index >= 15 is 0 Å². The van der Waals surface area contributed by atoms with Crippen LogP contribution < -0.4 is 10.6 Å². The molecule has 1 unspecified atom stereocenters. The highest BCUT2D eigenvalue weighted by Crippen LogP contribution is 2.30. The third-order valence-corrected chi connectivity index (χ3v) is 3.27. The first-order valence-corrected chi connectivity index (χ1v) is 6.31. The number of halogens is 3. The summed E-state index contributed by atoms with van der Waals surface area (Å²) in [5.74, 6) is 5.93. The highest BCUT2D eigenvalue weighted by Gasteiger charge is 2.33. The minimum absolute atomic E-state index is 0.00602. The Bertz CT molecular complexity index is 450. The van der Waals surface area contributed by atoms with E-state index in [1.807, 2.05) is 0 Å². The molecule has 1 aliphatic rings. The second-order valence-corrected chi connectivity index (χ2v) is 5.11. The molecule has 1 fully saturated rings. The first-order valence-electron chi connectivity index (χ1n) is 6.31. The topological polar surface area (TPSA) is 58.7 Å². The number of nitrogens with zero attached hydrogens (tertiary/aromatic N) is 1. The van der Waals surface area contributed by atoms with Crippen LogP contribution in [0.4, 0.5) is 13.2 Å². The molecular weight excluding hydrogens is 273 g/mol. The maximum atomic E-state index is 12.4. The number of hydrogen-bond donors (Lipinski definition) is 2. The first-order chi connectivity index (χ1) is 9.28. The summed E-state index contributed by atoms with van der Waals surface area (Å²) in [5, 5.41) is 11.8. The Morgan fingerprint density at radius 2 is 1.95 bits per heavy atom. The van der Waals surface area contributed by atoms with Gasteiger partial charge in [0, 0.05) is 13.1 Å². The lowest BCUT2D eigenvalue weighted by Gasteiger charge is -2.36. The molecule has 1 aromatic carbocycles. The van der Waals surface area contributed by atoms with Crippen LogP contribution in [0.5, 0.6) is 5.75 Å². The molecule has 0 amide bonds. The lowest BCUT2D eigenvalue weighted by atomic mass is 9.95. The van der Waals surface area contributed by atoms with Gasteiger partial charge in [-0.1, -0.05) is 0 Å². The maximum Gasteiger partial charge on any atom is 0.416 e. The van der Waals surface area contributed by atoms with Crippen molar-refractivity contribution in [2.45, 2.75) is 24.6 Å². The Morgan fingerprint density at radius 1 is 1.30 bits per heavy atom. The van der Waals surface area contributed by atoms with E-state index < -0.39 is 17.3 Å². The minimum Gasteiger partial charge on any atom is -0.491 e. The number of nitrogens with two attached hydrogens (primary N) is 1. The van der Waals surface area contributed by atoms with Crippen LogP contribution in [0, 0.1) is 0 Å². The van der Waals surface area contributed by atoms with Crippen LogP contribution in [0.25, 0.3) is 0 Å². The molecule has 3 N–H and O–H groups in total. The summed E-state index contributed by atoms with van der Waals surface area (Å²) >= 11 is 0. The molecule has 20 heavy (non-hydrogen) atoms. The summed E-state index contributed by atoms with van der Waals surface area (Å²) in [5.41, 5.74) is -1.79. The molecule has 1 aliphatic heterocycles. The van der Waals surface area contributed by atoms with Crippen molar-refractivity contribution >= 4 is 0 Å². The number of hydrazine groups is 1. The second-order valence-electron chi connectivity index (χ2n) is 5.11. The number of alkyl halides is 3. The lowest BCUT2D eigenvalue weighted by molar-refractivity contribution is -0.137. The normalized spacial score (nSPS) is 24.6. The molecular formula is C13H17F3N2O2. The average Bonchev–Trinajstić information content (AvgIpc) is 2.36. The molecule has 0 saturated carbocycles. The third-order valence-electron chi connectivity index (χ3n) is 3.27. The Morgan fingerprint density at radius 3 is 2.50 bits per heavy atom. The van der Waals surface area contributed by atoms with Crippen molar-refractivity contribution in [1.29, 1.82) is 0 Å². The van der Waals surface area contributed by atoms with Gasteiger partial charge in [-0.25, -0.2) is 5.01 Å². The zero-order chi connectivity index (χ0) is 14.8. The van der Waals surface area contributed by atoms with Crippen molar-refractivity contribution in [2.24, 2.45) is 5.84 Å². The molecule has 0 spiro atoms. The fourth-order valence-corrected chi connectivity index (χ4v) is 2.22. The van der Waals surface area contributed by atoms with Crippen molar-refractivity contribution in [2.75, 3.05) is 19.7 Å². The van der Waals surface area contributed by atoms with Gasteiger partial charge < -0.3 is 9.84 Å². The van der Waals surface area contributed by atoms with Gasteiger partial charge in [0.1, 0.15) is 18.0 Å². The van der Waals surface area contributed by atoms with E-state index in [4.69, 9.17) is 10.6 Å². The van der Waals surface area contributed by atoms with Crippen molar-refractivity contribution < 1.29 is 23.0 Å². The molecule has 2 rings (SSSR count). The Kier molecular flexibility index (Phi) is 4.22. The third kappa shape index (κ3) is 3.84. The lowest BCUT2D eigenvalue weighted by Crippen LogP contribution is -2.53. The molecule has 1 atom stereocenters. The first kappa shape index (κ1) is 15.1. The zero-order valence-electron chi connectivity index (χ0n) is 10.9.